The lowest BCUT2D eigenvalue weighted by Gasteiger charge is -2.43. The van der Waals surface area contributed by atoms with Crippen LogP contribution in [0.2, 0.25) is 0 Å². The quantitative estimate of drug-likeness (QED) is 0.0704. The Morgan fingerprint density at radius 1 is 0.803 bits per heavy atom. The maximum absolute atomic E-state index is 13.7. The van der Waals surface area contributed by atoms with Crippen molar-refractivity contribution in [2.24, 2.45) is 4.99 Å². The molecule has 4 aliphatic rings. The van der Waals surface area contributed by atoms with Crippen molar-refractivity contribution in [1.29, 1.82) is 0 Å². The van der Waals surface area contributed by atoms with Crippen LogP contribution in [0.3, 0.4) is 0 Å². The number of methoxy groups -OCH3 is 2. The van der Waals surface area contributed by atoms with E-state index in [1.54, 1.807) is 54.5 Å². The van der Waals surface area contributed by atoms with Crippen LogP contribution < -0.4 is 29.3 Å². The minimum Gasteiger partial charge on any atom is -0.493 e. The highest BCUT2D eigenvalue weighted by Gasteiger charge is 2.46. The number of aliphatic imine (C=N–C) groups is 1. The van der Waals surface area contributed by atoms with E-state index >= 15 is 0 Å². The number of pyridine rings is 1. The molecule has 0 spiro atoms. The monoisotopic (exact) mass is 840 g/mol. The summed E-state index contributed by atoms with van der Waals surface area (Å²) in [6.45, 7) is 22.3. The molecule has 0 bridgehead atoms. The van der Waals surface area contributed by atoms with E-state index in [1.807, 2.05) is 44.0 Å². The normalized spacial score (nSPS) is 19.6. The lowest BCUT2D eigenvalue weighted by Crippen LogP contribution is -2.55. The van der Waals surface area contributed by atoms with Gasteiger partial charge in [-0.1, -0.05) is 45.1 Å². The zero-order chi connectivity index (χ0) is 44.2. The zero-order valence-electron chi connectivity index (χ0n) is 36.6. The van der Waals surface area contributed by atoms with Gasteiger partial charge < -0.3 is 38.8 Å². The number of nitrogens with zero attached hydrogens (tertiary/aromatic N) is 5. The van der Waals surface area contributed by atoms with Gasteiger partial charge in [0.1, 0.15) is 6.23 Å². The van der Waals surface area contributed by atoms with Crippen molar-refractivity contribution in [3.05, 3.63) is 83.7 Å². The first-order chi connectivity index (χ1) is 28.9. The Labute approximate surface area is 358 Å². The van der Waals surface area contributed by atoms with Crippen molar-refractivity contribution >= 4 is 35.1 Å². The summed E-state index contributed by atoms with van der Waals surface area (Å²) in [5.74, 6) is 1.78. The van der Waals surface area contributed by atoms with Gasteiger partial charge in [-0.05, 0) is 77.1 Å². The minimum atomic E-state index is -0.904. The van der Waals surface area contributed by atoms with E-state index in [4.69, 9.17) is 24.2 Å². The number of hydrogen-bond donors (Lipinski definition) is 3. The van der Waals surface area contributed by atoms with Crippen molar-refractivity contribution < 1.29 is 43.9 Å². The van der Waals surface area contributed by atoms with Crippen LogP contribution >= 0.6 is 0 Å². The van der Waals surface area contributed by atoms with E-state index in [9.17, 15) is 14.7 Å². The highest BCUT2D eigenvalue weighted by Crippen LogP contribution is 2.44. The van der Waals surface area contributed by atoms with Gasteiger partial charge in [-0.2, -0.15) is 0 Å². The maximum atomic E-state index is 13.7. The minimum absolute atomic E-state index is 0.0403. The van der Waals surface area contributed by atoms with Gasteiger partial charge in [-0.3, -0.25) is 19.6 Å². The standard InChI is InChI=1S/C37H46N4O7.C9H14N2O2/c1-22-13-24-19-38-27-17-32(30(45-6)15-25(27)34(42)39(24)20-22)47-11-9-8-10-12-48-33-18-28-26(16-31(33)46-7)35(43)40-21-23(2)14-29(40)36(44)41(28)37(3,4)5;1-9(2,3)8-5-4-7(6-10-8)11-13-12/h15-19,24,29,36,44H,1-2,8-14,20-21H2,3-7H3;4-6,11-12H,1-3H3/t24-,29-,36-;/m0./s1. The van der Waals surface area contributed by atoms with Crippen LogP contribution in [0.25, 0.3) is 0 Å². The third kappa shape index (κ3) is 9.95. The molecule has 2 aromatic carbocycles. The molecule has 5 heterocycles. The van der Waals surface area contributed by atoms with E-state index in [0.29, 0.717) is 83.9 Å². The predicted molar refractivity (Wildman–Crippen MR) is 235 cm³/mol. The molecule has 2 fully saturated rings. The molecule has 328 valence electrons. The van der Waals surface area contributed by atoms with Crippen LogP contribution in [0.4, 0.5) is 17.1 Å². The second-order valence-electron chi connectivity index (χ2n) is 17.8. The van der Waals surface area contributed by atoms with Crippen molar-refractivity contribution in [2.75, 3.05) is 50.9 Å². The Hall–Kier alpha value is -5.64. The summed E-state index contributed by atoms with van der Waals surface area (Å²) in [4.78, 5) is 45.0. The van der Waals surface area contributed by atoms with Gasteiger partial charge in [0, 0.05) is 48.1 Å². The fourth-order valence-electron chi connectivity index (χ4n) is 8.04. The molecule has 7 rings (SSSR count). The van der Waals surface area contributed by atoms with Crippen LogP contribution in [0, 0.1) is 0 Å². The highest BCUT2D eigenvalue weighted by atomic mass is 17.2. The van der Waals surface area contributed by atoms with Crippen molar-refractivity contribution in [1.82, 2.24) is 14.8 Å². The summed E-state index contributed by atoms with van der Waals surface area (Å²) in [7, 11) is 3.12. The molecule has 0 aliphatic carbocycles. The number of fused-ring (bicyclic) bond motifs is 4. The van der Waals surface area contributed by atoms with Crippen molar-refractivity contribution in [3.63, 3.8) is 0 Å². The van der Waals surface area contributed by atoms with Gasteiger partial charge in [0.05, 0.1) is 73.9 Å². The van der Waals surface area contributed by atoms with E-state index in [1.165, 1.54) is 0 Å². The molecule has 0 radical (unpaired) electrons. The van der Waals surface area contributed by atoms with Gasteiger partial charge in [-0.25, -0.2) is 10.7 Å². The molecule has 61 heavy (non-hydrogen) atoms. The van der Waals surface area contributed by atoms with Crippen LogP contribution in [-0.2, 0) is 10.4 Å². The van der Waals surface area contributed by atoms with E-state index in [-0.39, 0.29) is 29.3 Å². The highest BCUT2D eigenvalue weighted by molar-refractivity contribution is 6.04. The Morgan fingerprint density at radius 2 is 1.41 bits per heavy atom. The molecule has 0 saturated carbocycles. The molecule has 3 aromatic rings. The third-order valence-electron chi connectivity index (χ3n) is 11.1. The smallest absolute Gasteiger partial charge is 0.257 e. The number of nitrogens with one attached hydrogen (secondary N) is 1. The van der Waals surface area contributed by atoms with Crippen molar-refractivity contribution in [2.45, 2.75) is 103 Å². The number of ether oxygens (including phenoxy) is 4. The van der Waals surface area contributed by atoms with Crippen LogP contribution in [-0.4, -0.2) is 108 Å². The average molecular weight is 841 g/mol. The number of unbranched alkanes of at least 4 members (excludes halogenated alkanes) is 2. The topological polar surface area (TPSA) is 168 Å². The number of amides is 2. The van der Waals surface area contributed by atoms with Crippen molar-refractivity contribution in [3.8, 4) is 23.0 Å². The van der Waals surface area contributed by atoms with Gasteiger partial charge in [0.25, 0.3) is 11.8 Å². The summed E-state index contributed by atoms with van der Waals surface area (Å²) < 4.78 is 23.5. The molecule has 2 amide bonds. The summed E-state index contributed by atoms with van der Waals surface area (Å²) in [6, 6.07) is 10.3. The number of aliphatic hydroxyl groups excluding tert-OH is 1. The zero-order valence-corrected chi connectivity index (χ0v) is 36.6. The summed E-state index contributed by atoms with van der Waals surface area (Å²) in [5.41, 5.74) is 7.57. The molecule has 0 unspecified atom stereocenters. The number of benzene rings is 2. The third-order valence-corrected chi connectivity index (χ3v) is 11.1. The number of hydrogen-bond acceptors (Lipinski definition) is 13. The van der Waals surface area contributed by atoms with Crippen LogP contribution in [0.15, 0.2) is 71.9 Å². The first-order valence-electron chi connectivity index (χ1n) is 20.6. The molecule has 3 N–H and O–H groups in total. The predicted octanol–water partition coefficient (Wildman–Crippen LogP) is 7.72. The molecule has 1 aromatic heterocycles. The molecule has 15 heteroatoms. The van der Waals surface area contributed by atoms with E-state index in [2.05, 4.69) is 54.4 Å². The van der Waals surface area contributed by atoms with Crippen LogP contribution in [0.1, 0.15) is 100 Å². The number of carbonyl (C=O) groups excluding carboxylic acids is 2. The molecular weight excluding hydrogens is 781 g/mol. The first-order valence-corrected chi connectivity index (χ1v) is 20.6. The Morgan fingerprint density at radius 3 is 2.00 bits per heavy atom. The second kappa shape index (κ2) is 18.5. The summed E-state index contributed by atoms with van der Waals surface area (Å²) in [5, 5.41) is 19.7. The average Bonchev–Trinajstić information content (AvgIpc) is 3.75. The SMILES string of the molecule is C=C1C[C@H]2C=Nc3cc(OCCCCCOc4cc5c(cc4OC)C(=O)N4CC(=C)C[C@H]4[C@H](O)N5C(C)(C)C)c(OC)cc3C(=O)N2C1.CC(C)(C)c1ccc(NOO)cn1. The lowest BCUT2D eigenvalue weighted by atomic mass is 9.92. The Balaban J connectivity index is 0.000000410. The summed E-state index contributed by atoms with van der Waals surface area (Å²) >= 11 is 0. The molecule has 15 nitrogen and oxygen atoms in total. The number of aromatic nitrogens is 1. The first kappa shape index (κ1) is 44.9. The molecular formula is C46H60N6O9. The molecule has 4 aliphatic heterocycles. The van der Waals surface area contributed by atoms with Gasteiger partial charge in [0.2, 0.25) is 0 Å². The van der Waals surface area contributed by atoms with Crippen LogP contribution in [0.5, 0.6) is 23.0 Å². The number of carbonyl (C=O) groups is 2. The Kier molecular flexibility index (Phi) is 13.6. The Bertz CT molecular complexity index is 2140. The van der Waals surface area contributed by atoms with E-state index in [0.717, 1.165) is 42.5 Å². The van der Waals surface area contributed by atoms with E-state index < -0.39 is 11.8 Å². The van der Waals surface area contributed by atoms with Gasteiger partial charge in [-0.15, -0.1) is 4.99 Å². The summed E-state index contributed by atoms with van der Waals surface area (Å²) in [6.07, 6.45) is 6.17. The lowest BCUT2D eigenvalue weighted by molar-refractivity contribution is -0.215. The molecule has 2 saturated heterocycles. The maximum Gasteiger partial charge on any atom is 0.257 e. The fraction of sp³-hybridized carbons (Fsp3) is 0.478. The largest absolute Gasteiger partial charge is 0.493 e. The van der Waals surface area contributed by atoms with Gasteiger partial charge in [0.15, 0.2) is 23.0 Å². The number of anilines is 2. The second-order valence-corrected chi connectivity index (χ2v) is 17.8. The number of aliphatic hydroxyl groups is 1. The number of rotatable bonds is 12. The fourth-order valence-corrected chi connectivity index (χ4v) is 8.04. The van der Waals surface area contributed by atoms with Gasteiger partial charge >= 0.3 is 0 Å². The molecule has 3 atom stereocenters.